The average molecular weight is 742 g/mol. The normalized spacial score (nSPS) is 13.5. The van der Waals surface area contributed by atoms with Crippen molar-refractivity contribution in [2.45, 2.75) is 19.7 Å². The maximum absolute atomic E-state index is 13.0. The largest absolute Gasteiger partial charge is 0.197 e. The Hall–Kier alpha value is -0.638. The van der Waals surface area contributed by atoms with Gasteiger partial charge in [-0.15, -0.1) is 0 Å². The first-order valence-corrected chi connectivity index (χ1v) is 19.2. The van der Waals surface area contributed by atoms with E-state index in [4.69, 9.17) is 28.6 Å². The Morgan fingerprint density at radius 2 is 2.18 bits per heavy atom. The number of halogens is 1. The fraction of sp³-hybridized carbons (Fsp3) is 0.217. The second-order valence-electron chi connectivity index (χ2n) is 7.01. The Balaban J connectivity index is 0.00000408. The SMILES string of the molecule is C=C/C(C#CCP(O)[S][Tl])=C\c1c2n(cc(C(=O)NCc3ccc(Cl)cc3)c1=S)CCOC2.S. The number of carbonyl (C=O) groups is 1. The van der Waals surface area contributed by atoms with Crippen LogP contribution in [-0.4, -0.2) is 52.4 Å². The summed E-state index contributed by atoms with van der Waals surface area (Å²) < 4.78 is 8.11. The Bertz CT molecular complexity index is 1190. The van der Waals surface area contributed by atoms with Gasteiger partial charge in [0.15, 0.2) is 0 Å². The molecule has 0 aliphatic carbocycles. The first-order chi connectivity index (χ1) is 15.9. The van der Waals surface area contributed by atoms with Gasteiger partial charge in [0.1, 0.15) is 0 Å². The molecule has 1 unspecified atom stereocenters. The number of ether oxygens (including phenoxy) is 1. The van der Waals surface area contributed by atoms with E-state index in [0.717, 1.165) is 16.8 Å². The summed E-state index contributed by atoms with van der Waals surface area (Å²) in [5, 5.41) is 3.59. The number of pyridine rings is 1. The summed E-state index contributed by atoms with van der Waals surface area (Å²) in [5.74, 6) is 5.84. The van der Waals surface area contributed by atoms with E-state index >= 15 is 0 Å². The summed E-state index contributed by atoms with van der Waals surface area (Å²) in [4.78, 5) is 22.9. The predicted octanol–water partition coefficient (Wildman–Crippen LogP) is 5.14. The number of amides is 1. The number of hydrogen-bond acceptors (Lipinski definition) is 5. The molecular formula is C23H23ClN2O3PS3Tl. The van der Waals surface area contributed by atoms with Gasteiger partial charge in [-0.05, 0) is 17.7 Å². The molecule has 2 heterocycles. The first kappa shape index (κ1) is 29.6. The third-order valence-corrected chi connectivity index (χ3v) is 15.8. The number of nitrogens with zero attached hydrogens (tertiary/aromatic N) is 1. The fourth-order valence-corrected chi connectivity index (χ4v) is 6.92. The topological polar surface area (TPSA) is 63.5 Å². The van der Waals surface area contributed by atoms with Crippen LogP contribution >= 0.6 is 52.6 Å². The Labute approximate surface area is 236 Å². The molecule has 1 aliphatic rings. The van der Waals surface area contributed by atoms with E-state index in [0.29, 0.717) is 77.4 Å². The summed E-state index contributed by atoms with van der Waals surface area (Å²) in [6.45, 7) is 5.83. The van der Waals surface area contributed by atoms with Gasteiger partial charge in [-0.1, -0.05) is 23.7 Å². The summed E-state index contributed by atoms with van der Waals surface area (Å²) in [7, 11) is 0.493. The number of hydrogen-bond donors (Lipinski definition) is 2. The van der Waals surface area contributed by atoms with Gasteiger partial charge in [-0.2, -0.15) is 13.5 Å². The molecule has 1 amide bonds. The van der Waals surface area contributed by atoms with Crippen LogP contribution in [-0.2, 0) is 24.4 Å². The van der Waals surface area contributed by atoms with E-state index in [9.17, 15) is 9.69 Å². The maximum atomic E-state index is 13.0. The number of benzene rings is 1. The van der Waals surface area contributed by atoms with Crippen molar-refractivity contribution in [1.29, 1.82) is 0 Å². The second kappa shape index (κ2) is 14.8. The van der Waals surface area contributed by atoms with Gasteiger partial charge >= 0.3 is 172 Å². The van der Waals surface area contributed by atoms with Crippen LogP contribution in [0.15, 0.2) is 48.7 Å². The molecule has 0 saturated carbocycles. The molecule has 0 spiro atoms. The minimum Gasteiger partial charge on any atom is -0.197 e. The standard InChI is InChI=1S/C23H21ClN2O3PS2.H2S.Tl/c1-2-16(4-3-11-30(28)32)12-19-21-15-29-10-9-26(21)14-20(22(19)31)23(27)25-13-17-5-7-18(24)8-6-17;;/h2,5-8,12,14,28H,1,9-11,13,15H2,(H,25,27);1H2;/q-1;;+1/b16-12+;;. The molecule has 0 radical (unpaired) electrons. The second-order valence-corrected chi connectivity index (χ2v) is 18.4. The van der Waals surface area contributed by atoms with E-state index in [1.807, 2.05) is 22.8 Å². The van der Waals surface area contributed by atoms with Gasteiger partial charge in [0, 0.05) is 11.6 Å². The molecule has 1 aromatic carbocycles. The number of rotatable bonds is 7. The van der Waals surface area contributed by atoms with Crippen LogP contribution in [0.3, 0.4) is 0 Å². The van der Waals surface area contributed by atoms with Crippen molar-refractivity contribution in [2.24, 2.45) is 0 Å². The van der Waals surface area contributed by atoms with Gasteiger partial charge in [0.05, 0.1) is 0 Å². The third-order valence-electron chi connectivity index (χ3n) is 4.85. The van der Waals surface area contributed by atoms with Crippen molar-refractivity contribution in [3.63, 3.8) is 0 Å². The van der Waals surface area contributed by atoms with E-state index in [1.165, 1.54) is 0 Å². The number of allylic oxidation sites excluding steroid dienone is 2. The number of carbonyl (C=O) groups excluding carboxylic acids is 1. The van der Waals surface area contributed by atoms with Crippen molar-refractivity contribution in [2.75, 3.05) is 12.8 Å². The van der Waals surface area contributed by atoms with E-state index in [1.54, 1.807) is 32.3 Å². The molecule has 5 nitrogen and oxygen atoms in total. The van der Waals surface area contributed by atoms with Crippen LogP contribution < -0.4 is 5.32 Å². The van der Waals surface area contributed by atoms with Crippen molar-refractivity contribution in [3.05, 3.63) is 80.6 Å². The van der Waals surface area contributed by atoms with E-state index < -0.39 is 7.35 Å². The molecule has 0 fully saturated rings. The Kier molecular flexibility index (Phi) is 12.9. The molecule has 2 N–H and O–H groups in total. The monoisotopic (exact) mass is 742 g/mol. The number of fused-ring (bicyclic) bond motifs is 1. The van der Waals surface area contributed by atoms with Gasteiger partial charge in [-0.25, -0.2) is 0 Å². The first-order valence-electron chi connectivity index (χ1n) is 9.96. The average Bonchev–Trinajstić information content (AvgIpc) is 2.83. The van der Waals surface area contributed by atoms with E-state index in [-0.39, 0.29) is 19.4 Å². The summed E-state index contributed by atoms with van der Waals surface area (Å²) in [5.41, 5.74) is 3.69. The van der Waals surface area contributed by atoms with Gasteiger partial charge in [0.25, 0.3) is 0 Å². The molecule has 11 heteroatoms. The molecule has 1 aromatic heterocycles. The molecule has 0 saturated heterocycles. The fourth-order valence-electron chi connectivity index (χ4n) is 3.15. The molecule has 2 aromatic rings. The van der Waals surface area contributed by atoms with E-state index in [2.05, 4.69) is 23.7 Å². The van der Waals surface area contributed by atoms with Gasteiger partial charge in [0.2, 0.25) is 0 Å². The van der Waals surface area contributed by atoms with Crippen molar-refractivity contribution in [1.82, 2.24) is 9.88 Å². The minimum atomic E-state index is -1.08. The zero-order chi connectivity index (χ0) is 23.8. The van der Waals surface area contributed by atoms with Crippen molar-refractivity contribution >= 4 is 88.8 Å². The number of nitrogens with one attached hydrogen (secondary N) is 1. The summed E-state index contributed by atoms with van der Waals surface area (Å²) in [6.07, 6.45) is 5.76. The molecule has 176 valence electrons. The number of aromatic nitrogens is 1. The smallest absolute Gasteiger partial charge is 0.197 e. The van der Waals surface area contributed by atoms with Crippen LogP contribution in [0.25, 0.3) is 6.08 Å². The summed E-state index contributed by atoms with van der Waals surface area (Å²) in [6, 6.07) is 7.33. The van der Waals surface area contributed by atoms with Crippen molar-refractivity contribution < 1.29 is 14.4 Å². The third kappa shape index (κ3) is 8.20. The molecule has 0 bridgehead atoms. The quantitative estimate of drug-likeness (QED) is 0.136. The zero-order valence-electron chi connectivity index (χ0n) is 18.2. The maximum Gasteiger partial charge on any atom is -0.197 e. The van der Waals surface area contributed by atoms with Crippen LogP contribution in [0.5, 0.6) is 0 Å². The zero-order valence-corrected chi connectivity index (χ0v) is 27.0. The molecule has 1 atom stereocenters. The van der Waals surface area contributed by atoms with Crippen LogP contribution in [0.2, 0.25) is 5.02 Å². The van der Waals surface area contributed by atoms with Gasteiger partial charge in [-0.3, -0.25) is 0 Å². The molecule has 1 aliphatic heterocycles. The minimum absolute atomic E-state index is 0. The van der Waals surface area contributed by atoms with Crippen LogP contribution in [0.4, 0.5) is 0 Å². The predicted molar refractivity (Wildman–Crippen MR) is 151 cm³/mol. The Morgan fingerprint density at radius 3 is 2.85 bits per heavy atom. The molecular weight excluding hydrogens is 719 g/mol. The molecule has 34 heavy (non-hydrogen) atoms. The molecule has 3 rings (SSSR count). The van der Waals surface area contributed by atoms with Crippen LogP contribution in [0.1, 0.15) is 27.2 Å². The van der Waals surface area contributed by atoms with Gasteiger partial charge < -0.3 is 0 Å². The summed E-state index contributed by atoms with van der Waals surface area (Å²) >= 11 is 12.4. The van der Waals surface area contributed by atoms with Crippen molar-refractivity contribution in [3.8, 4) is 11.8 Å². The van der Waals surface area contributed by atoms with Crippen LogP contribution in [0, 0.1) is 16.4 Å². The Morgan fingerprint density at radius 1 is 1.44 bits per heavy atom.